The van der Waals surface area contributed by atoms with Gasteiger partial charge in [0.2, 0.25) is 11.7 Å². The minimum Gasteiger partial charge on any atom is -0.308 e. The van der Waals surface area contributed by atoms with Crippen LogP contribution in [0.5, 0.6) is 0 Å². The normalized spacial score (nSPS) is 11.1. The zero-order chi connectivity index (χ0) is 24.4. The molecular formula is C27H23N5O2S. The molecule has 5 aromatic rings. The number of anilines is 1. The SMILES string of the molecule is C=CCN(C(=O)CSc1nnc2n(-c3ccccc3C)c(=O)c3ccccc3n12)c1ccccc1. The molecule has 0 N–H and O–H groups in total. The number of hydrogen-bond acceptors (Lipinski definition) is 5. The summed E-state index contributed by atoms with van der Waals surface area (Å²) in [6.07, 6.45) is 1.70. The Kier molecular flexibility index (Phi) is 6.20. The van der Waals surface area contributed by atoms with Crippen molar-refractivity contribution in [3.05, 3.63) is 107 Å². The monoisotopic (exact) mass is 481 g/mol. The first kappa shape index (κ1) is 22.6. The number of benzene rings is 3. The van der Waals surface area contributed by atoms with Crippen molar-refractivity contribution in [2.75, 3.05) is 17.2 Å². The summed E-state index contributed by atoms with van der Waals surface area (Å²) in [7, 11) is 0. The van der Waals surface area contributed by atoms with Crippen LogP contribution < -0.4 is 10.5 Å². The molecule has 1 amide bonds. The molecular weight excluding hydrogens is 458 g/mol. The van der Waals surface area contributed by atoms with Gasteiger partial charge in [-0.05, 0) is 42.8 Å². The van der Waals surface area contributed by atoms with Crippen molar-refractivity contribution in [3.63, 3.8) is 0 Å². The highest BCUT2D eigenvalue weighted by atomic mass is 32.2. The quantitative estimate of drug-likeness (QED) is 0.250. The maximum absolute atomic E-state index is 13.5. The topological polar surface area (TPSA) is 72.5 Å². The molecule has 0 fully saturated rings. The molecule has 0 radical (unpaired) electrons. The van der Waals surface area contributed by atoms with Crippen molar-refractivity contribution >= 4 is 40.0 Å². The Morgan fingerprint density at radius 2 is 1.71 bits per heavy atom. The summed E-state index contributed by atoms with van der Waals surface area (Å²) in [4.78, 5) is 28.3. The first-order valence-electron chi connectivity index (χ1n) is 11.1. The summed E-state index contributed by atoms with van der Waals surface area (Å²) in [5, 5.41) is 9.85. The van der Waals surface area contributed by atoms with Gasteiger partial charge in [-0.15, -0.1) is 16.8 Å². The second-order valence-electron chi connectivity index (χ2n) is 7.98. The first-order valence-corrected chi connectivity index (χ1v) is 12.1. The Balaban J connectivity index is 1.59. The van der Waals surface area contributed by atoms with E-state index in [0.29, 0.717) is 28.4 Å². The molecule has 0 spiro atoms. The van der Waals surface area contributed by atoms with Crippen molar-refractivity contribution in [2.24, 2.45) is 0 Å². The molecule has 2 aromatic heterocycles. The number of para-hydroxylation sites is 3. The molecule has 174 valence electrons. The lowest BCUT2D eigenvalue weighted by Crippen LogP contribution is -2.32. The van der Waals surface area contributed by atoms with Gasteiger partial charge in [0.15, 0.2) is 5.16 Å². The van der Waals surface area contributed by atoms with E-state index in [1.807, 2.05) is 84.1 Å². The van der Waals surface area contributed by atoms with Crippen LogP contribution in [0.2, 0.25) is 0 Å². The molecule has 5 rings (SSSR count). The van der Waals surface area contributed by atoms with Crippen LogP contribution in [0, 0.1) is 6.92 Å². The molecule has 0 unspecified atom stereocenters. The fraction of sp³-hybridized carbons (Fsp3) is 0.111. The molecule has 0 atom stereocenters. The highest BCUT2D eigenvalue weighted by Crippen LogP contribution is 2.25. The second kappa shape index (κ2) is 9.60. The van der Waals surface area contributed by atoms with Gasteiger partial charge in [-0.3, -0.25) is 14.0 Å². The predicted octanol–water partition coefficient (Wildman–Crippen LogP) is 4.65. The van der Waals surface area contributed by atoms with Gasteiger partial charge in [0.05, 0.1) is 22.3 Å². The number of hydrogen-bond donors (Lipinski definition) is 0. The third-order valence-corrected chi connectivity index (χ3v) is 6.67. The van der Waals surface area contributed by atoms with Gasteiger partial charge in [0.25, 0.3) is 5.56 Å². The highest BCUT2D eigenvalue weighted by Gasteiger charge is 2.21. The van der Waals surface area contributed by atoms with Crippen LogP contribution in [0.15, 0.2) is 101 Å². The predicted molar refractivity (Wildman–Crippen MR) is 141 cm³/mol. The van der Waals surface area contributed by atoms with E-state index < -0.39 is 0 Å². The fourth-order valence-electron chi connectivity index (χ4n) is 4.10. The Morgan fingerprint density at radius 1 is 1.00 bits per heavy atom. The van der Waals surface area contributed by atoms with E-state index in [4.69, 9.17) is 0 Å². The Morgan fingerprint density at radius 3 is 2.49 bits per heavy atom. The van der Waals surface area contributed by atoms with Crippen LogP contribution in [0.3, 0.4) is 0 Å². The number of rotatable bonds is 7. The van der Waals surface area contributed by atoms with Crippen LogP contribution >= 0.6 is 11.8 Å². The van der Waals surface area contributed by atoms with Gasteiger partial charge in [-0.2, -0.15) is 0 Å². The third-order valence-electron chi connectivity index (χ3n) is 5.76. The summed E-state index contributed by atoms with van der Waals surface area (Å²) < 4.78 is 3.44. The maximum atomic E-state index is 13.5. The minimum atomic E-state index is -0.163. The summed E-state index contributed by atoms with van der Waals surface area (Å²) in [6, 6.07) is 24.6. The zero-order valence-electron chi connectivity index (χ0n) is 19.2. The molecule has 0 saturated heterocycles. The minimum absolute atomic E-state index is 0.0746. The number of fused-ring (bicyclic) bond motifs is 3. The number of thioether (sulfide) groups is 1. The number of aromatic nitrogens is 4. The summed E-state index contributed by atoms with van der Waals surface area (Å²) >= 11 is 1.29. The Hall–Kier alpha value is -4.17. The van der Waals surface area contributed by atoms with Gasteiger partial charge < -0.3 is 4.90 Å². The van der Waals surface area contributed by atoms with E-state index in [0.717, 1.165) is 16.9 Å². The van der Waals surface area contributed by atoms with E-state index in [-0.39, 0.29) is 17.2 Å². The number of carbonyl (C=O) groups excluding carboxylic acids is 1. The third kappa shape index (κ3) is 4.13. The number of amides is 1. The van der Waals surface area contributed by atoms with Crippen molar-refractivity contribution in [1.29, 1.82) is 0 Å². The number of nitrogens with zero attached hydrogens (tertiary/aromatic N) is 5. The first-order chi connectivity index (χ1) is 17.1. The lowest BCUT2D eigenvalue weighted by molar-refractivity contribution is -0.116. The Labute approximate surface area is 206 Å². The molecule has 3 aromatic carbocycles. The van der Waals surface area contributed by atoms with Gasteiger partial charge in [0.1, 0.15) is 0 Å². The zero-order valence-corrected chi connectivity index (χ0v) is 20.0. The maximum Gasteiger partial charge on any atom is 0.267 e. The largest absolute Gasteiger partial charge is 0.308 e. The van der Waals surface area contributed by atoms with Crippen LogP contribution in [-0.4, -0.2) is 37.4 Å². The van der Waals surface area contributed by atoms with Crippen molar-refractivity contribution in [3.8, 4) is 5.69 Å². The van der Waals surface area contributed by atoms with Gasteiger partial charge in [-0.1, -0.05) is 66.4 Å². The summed E-state index contributed by atoms with van der Waals surface area (Å²) in [5.74, 6) is 0.486. The Bertz CT molecular complexity index is 1610. The standard InChI is InChI=1S/C27H23N5O2S/c1-3-17-30(20-12-5-4-6-13-20)24(33)18-35-27-29-28-26-31(22-15-9-7-11-19(22)2)25(34)21-14-8-10-16-23(21)32(26)27/h3-16H,1,17-18H2,2H3. The molecule has 0 aliphatic rings. The lowest BCUT2D eigenvalue weighted by atomic mass is 10.2. The number of carbonyl (C=O) groups is 1. The van der Waals surface area contributed by atoms with Crippen LogP contribution in [0.25, 0.3) is 22.4 Å². The van der Waals surface area contributed by atoms with E-state index in [9.17, 15) is 9.59 Å². The average molecular weight is 482 g/mol. The number of aryl methyl sites for hydroxylation is 1. The van der Waals surface area contributed by atoms with Crippen molar-refractivity contribution in [1.82, 2.24) is 19.2 Å². The summed E-state index contributed by atoms with van der Waals surface area (Å²) in [6.45, 7) is 6.14. The lowest BCUT2D eigenvalue weighted by Gasteiger charge is -2.21. The van der Waals surface area contributed by atoms with Gasteiger partial charge in [0, 0.05) is 12.2 Å². The van der Waals surface area contributed by atoms with E-state index >= 15 is 0 Å². The molecule has 0 bridgehead atoms. The van der Waals surface area contributed by atoms with Crippen LogP contribution in [0.4, 0.5) is 5.69 Å². The molecule has 2 heterocycles. The highest BCUT2D eigenvalue weighted by molar-refractivity contribution is 7.99. The van der Waals surface area contributed by atoms with Gasteiger partial charge >= 0.3 is 0 Å². The molecule has 0 saturated carbocycles. The fourth-order valence-corrected chi connectivity index (χ4v) is 4.91. The van der Waals surface area contributed by atoms with Crippen molar-refractivity contribution < 1.29 is 4.79 Å². The smallest absolute Gasteiger partial charge is 0.267 e. The second-order valence-corrected chi connectivity index (χ2v) is 8.92. The van der Waals surface area contributed by atoms with Crippen LogP contribution in [-0.2, 0) is 4.79 Å². The average Bonchev–Trinajstić information content (AvgIpc) is 3.31. The molecule has 0 aliphatic carbocycles. The molecule has 8 heteroatoms. The van der Waals surface area contributed by atoms with E-state index in [2.05, 4.69) is 16.8 Å². The van der Waals surface area contributed by atoms with Crippen LogP contribution in [0.1, 0.15) is 5.56 Å². The molecule has 0 aliphatic heterocycles. The summed E-state index contributed by atoms with van der Waals surface area (Å²) in [5.41, 5.74) is 3.03. The van der Waals surface area contributed by atoms with E-state index in [1.165, 1.54) is 11.8 Å². The van der Waals surface area contributed by atoms with Gasteiger partial charge in [-0.25, -0.2) is 4.57 Å². The molecule has 7 nitrogen and oxygen atoms in total. The molecule has 35 heavy (non-hydrogen) atoms. The van der Waals surface area contributed by atoms with E-state index in [1.54, 1.807) is 21.6 Å². The van der Waals surface area contributed by atoms with Crippen molar-refractivity contribution in [2.45, 2.75) is 12.1 Å².